The maximum Gasteiger partial charge on any atom is 0.307 e. The molecule has 2 heterocycles. The van der Waals surface area contributed by atoms with E-state index < -0.39 is 17.9 Å². The summed E-state index contributed by atoms with van der Waals surface area (Å²) in [5.74, 6) is -1.42. The molecule has 0 radical (unpaired) electrons. The first-order valence-corrected chi connectivity index (χ1v) is 13.1. The molecule has 0 amide bonds. The van der Waals surface area contributed by atoms with E-state index in [1.54, 1.807) is 25.1 Å². The summed E-state index contributed by atoms with van der Waals surface area (Å²) in [7, 11) is 0. The number of aliphatic carboxylic acids is 1. The van der Waals surface area contributed by atoms with Crippen LogP contribution in [-0.2, 0) is 11.2 Å². The van der Waals surface area contributed by atoms with Crippen LogP contribution in [0.3, 0.4) is 0 Å². The summed E-state index contributed by atoms with van der Waals surface area (Å²) in [5.41, 5.74) is 3.16. The number of hydrogen-bond acceptors (Lipinski definition) is 4. The predicted octanol–water partition coefficient (Wildman–Crippen LogP) is 6.00. The number of carbonyl (C=O) groups is 1. The maximum atomic E-state index is 14.2. The highest BCUT2D eigenvalue weighted by Crippen LogP contribution is 2.47. The fourth-order valence-corrected chi connectivity index (χ4v) is 5.61. The van der Waals surface area contributed by atoms with Gasteiger partial charge in [-0.3, -0.25) is 14.1 Å². The summed E-state index contributed by atoms with van der Waals surface area (Å²) in [6.07, 6.45) is 1.05. The lowest BCUT2D eigenvalue weighted by atomic mass is 9.87. The predicted molar refractivity (Wildman–Crippen MR) is 142 cm³/mol. The van der Waals surface area contributed by atoms with Gasteiger partial charge in [0.2, 0.25) is 0 Å². The Morgan fingerprint density at radius 2 is 2.08 bits per heavy atom. The lowest BCUT2D eigenvalue weighted by Gasteiger charge is -2.42. The van der Waals surface area contributed by atoms with E-state index in [2.05, 4.69) is 15.2 Å². The summed E-state index contributed by atoms with van der Waals surface area (Å²) in [6.45, 7) is 4.98. The van der Waals surface area contributed by atoms with Crippen molar-refractivity contribution in [2.24, 2.45) is 5.92 Å². The van der Waals surface area contributed by atoms with E-state index in [0.717, 1.165) is 22.2 Å². The first-order valence-electron chi connectivity index (χ1n) is 12.4. The number of fused-ring (bicyclic) bond motifs is 3. The smallest absolute Gasteiger partial charge is 0.307 e. The SMILES string of the molecule is C[C@@H]1Cc2c([nH]c3ccc(F)cc23)[C@@H](c2c(Cl)ccc(OCCNCCCF)c2Cl)N1C[C@H](C)C(=O)O. The van der Waals surface area contributed by atoms with Crippen molar-refractivity contribution in [2.45, 2.75) is 38.8 Å². The summed E-state index contributed by atoms with van der Waals surface area (Å²) < 4.78 is 32.4. The highest BCUT2D eigenvalue weighted by atomic mass is 35.5. The molecule has 37 heavy (non-hydrogen) atoms. The van der Waals surface area contributed by atoms with E-state index >= 15 is 0 Å². The lowest BCUT2D eigenvalue weighted by molar-refractivity contribution is -0.142. The van der Waals surface area contributed by atoms with Crippen LogP contribution >= 0.6 is 23.2 Å². The molecule has 1 aliphatic heterocycles. The van der Waals surface area contributed by atoms with Crippen LogP contribution in [0.15, 0.2) is 30.3 Å². The van der Waals surface area contributed by atoms with Crippen molar-refractivity contribution in [3.05, 3.63) is 63.0 Å². The molecule has 3 aromatic rings. The van der Waals surface area contributed by atoms with E-state index in [0.29, 0.717) is 53.9 Å². The van der Waals surface area contributed by atoms with Gasteiger partial charge in [-0.05, 0) is 62.2 Å². The Labute approximate surface area is 224 Å². The van der Waals surface area contributed by atoms with Crippen molar-refractivity contribution < 1.29 is 23.4 Å². The number of aromatic nitrogens is 1. The van der Waals surface area contributed by atoms with Gasteiger partial charge in [-0.1, -0.05) is 30.1 Å². The molecule has 0 bridgehead atoms. The number of carboxylic acid groups (broad SMARTS) is 1. The summed E-state index contributed by atoms with van der Waals surface area (Å²) >= 11 is 13.7. The summed E-state index contributed by atoms with van der Waals surface area (Å²) in [6, 6.07) is 7.47. The van der Waals surface area contributed by atoms with E-state index in [4.69, 9.17) is 27.9 Å². The molecule has 3 atom stereocenters. The minimum Gasteiger partial charge on any atom is -0.491 e. The molecule has 1 aliphatic rings. The van der Waals surface area contributed by atoms with Crippen LogP contribution in [0.4, 0.5) is 8.78 Å². The molecule has 1 aromatic heterocycles. The van der Waals surface area contributed by atoms with Crippen molar-refractivity contribution in [3.63, 3.8) is 0 Å². The second-order valence-electron chi connectivity index (χ2n) is 9.51. The fourth-order valence-electron chi connectivity index (χ4n) is 4.98. The van der Waals surface area contributed by atoms with E-state index in [1.807, 2.05) is 6.92 Å². The Bertz CT molecular complexity index is 1270. The molecule has 0 saturated carbocycles. The number of rotatable bonds is 11. The van der Waals surface area contributed by atoms with Gasteiger partial charge in [0.1, 0.15) is 18.2 Å². The van der Waals surface area contributed by atoms with Gasteiger partial charge < -0.3 is 20.1 Å². The lowest BCUT2D eigenvalue weighted by Crippen LogP contribution is -2.46. The molecule has 6 nitrogen and oxygen atoms in total. The van der Waals surface area contributed by atoms with Crippen molar-refractivity contribution in [2.75, 3.05) is 32.9 Å². The van der Waals surface area contributed by atoms with E-state index in [9.17, 15) is 18.7 Å². The standard InChI is InChI=1S/C27H31Cl2F2N3O3/c1-15(27(35)36)14-34-16(2)12-19-18-13-17(31)4-6-21(18)33-25(19)26(34)23-20(28)5-7-22(24(23)29)37-11-10-32-9-3-8-30/h4-7,13,15-16,26,32-33H,3,8-12,14H2,1-2H3,(H,35,36)/t15-,16+,26+/m0/s1. The second kappa shape index (κ2) is 12.0. The number of alkyl halides is 1. The average molecular weight is 554 g/mol. The largest absolute Gasteiger partial charge is 0.491 e. The Hall–Kier alpha value is -2.39. The third-order valence-electron chi connectivity index (χ3n) is 6.87. The highest BCUT2D eigenvalue weighted by molar-refractivity contribution is 6.37. The molecule has 0 fully saturated rings. The molecule has 0 saturated heterocycles. The first kappa shape index (κ1) is 27.6. The minimum atomic E-state index is -0.898. The van der Waals surface area contributed by atoms with E-state index in [1.165, 1.54) is 12.1 Å². The zero-order valence-corrected chi connectivity index (χ0v) is 22.3. The Morgan fingerprint density at radius 1 is 1.30 bits per heavy atom. The van der Waals surface area contributed by atoms with Crippen LogP contribution in [0.5, 0.6) is 5.75 Å². The molecule has 0 aliphatic carbocycles. The van der Waals surface area contributed by atoms with Crippen LogP contribution in [-0.4, -0.2) is 59.9 Å². The summed E-state index contributed by atoms with van der Waals surface area (Å²) in [5, 5.41) is 14.3. The highest BCUT2D eigenvalue weighted by Gasteiger charge is 2.39. The van der Waals surface area contributed by atoms with Gasteiger partial charge in [-0.15, -0.1) is 0 Å². The van der Waals surface area contributed by atoms with Gasteiger partial charge in [0.25, 0.3) is 0 Å². The number of H-pyrrole nitrogens is 1. The fraction of sp³-hybridized carbons (Fsp3) is 0.444. The van der Waals surface area contributed by atoms with Crippen molar-refractivity contribution in [3.8, 4) is 5.75 Å². The molecule has 200 valence electrons. The van der Waals surface area contributed by atoms with Gasteiger partial charge >= 0.3 is 5.97 Å². The zero-order chi connectivity index (χ0) is 26.7. The second-order valence-corrected chi connectivity index (χ2v) is 10.3. The van der Waals surface area contributed by atoms with Gasteiger partial charge in [-0.25, -0.2) is 4.39 Å². The minimum absolute atomic E-state index is 0.0713. The number of halogens is 4. The Kier molecular flexibility index (Phi) is 8.95. The number of benzene rings is 2. The Balaban J connectivity index is 1.77. The molecule has 3 N–H and O–H groups in total. The zero-order valence-electron chi connectivity index (χ0n) is 20.8. The molecule has 4 rings (SSSR count). The maximum absolute atomic E-state index is 14.2. The van der Waals surface area contributed by atoms with Crippen molar-refractivity contribution >= 4 is 40.1 Å². The van der Waals surface area contributed by atoms with Crippen LogP contribution < -0.4 is 10.1 Å². The number of hydrogen-bond donors (Lipinski definition) is 3. The molecule has 2 aromatic carbocycles. The average Bonchev–Trinajstić information content (AvgIpc) is 3.21. The number of ether oxygens (including phenoxy) is 1. The molecule has 10 heteroatoms. The van der Waals surface area contributed by atoms with Gasteiger partial charge in [-0.2, -0.15) is 0 Å². The topological polar surface area (TPSA) is 77.6 Å². The monoisotopic (exact) mass is 553 g/mol. The van der Waals surface area contributed by atoms with Crippen molar-refractivity contribution in [1.82, 2.24) is 15.2 Å². The van der Waals surface area contributed by atoms with E-state index in [-0.39, 0.29) is 25.1 Å². The normalized spacial score (nSPS) is 18.6. The van der Waals surface area contributed by atoms with Gasteiger partial charge in [0.05, 0.1) is 23.7 Å². The number of nitrogens with one attached hydrogen (secondary N) is 2. The van der Waals surface area contributed by atoms with Gasteiger partial charge in [0, 0.05) is 46.3 Å². The summed E-state index contributed by atoms with van der Waals surface area (Å²) in [4.78, 5) is 17.3. The number of carboxylic acids is 1. The molecule has 0 unspecified atom stereocenters. The van der Waals surface area contributed by atoms with Gasteiger partial charge in [0.15, 0.2) is 0 Å². The Morgan fingerprint density at radius 3 is 2.81 bits per heavy atom. The third kappa shape index (κ3) is 5.87. The quantitative estimate of drug-likeness (QED) is 0.254. The molecular formula is C27H31Cl2F2N3O3. The number of aromatic amines is 1. The van der Waals surface area contributed by atoms with Crippen LogP contribution in [0.25, 0.3) is 10.9 Å². The van der Waals surface area contributed by atoms with Crippen LogP contribution in [0, 0.1) is 11.7 Å². The molecule has 0 spiro atoms. The number of nitrogens with zero attached hydrogens (tertiary/aromatic N) is 1. The third-order valence-corrected chi connectivity index (χ3v) is 7.59. The first-order chi connectivity index (χ1) is 17.7. The molecular weight excluding hydrogens is 523 g/mol. The van der Waals surface area contributed by atoms with Crippen LogP contribution in [0.1, 0.15) is 43.1 Å². The van der Waals surface area contributed by atoms with Crippen molar-refractivity contribution in [1.29, 1.82) is 0 Å². The van der Waals surface area contributed by atoms with Crippen LogP contribution in [0.2, 0.25) is 10.0 Å².